The van der Waals surface area contributed by atoms with Crippen LogP contribution in [0.4, 0.5) is 26.5 Å². The Bertz CT molecular complexity index is 1170. The molecule has 0 aliphatic rings. The molecule has 2 amide bonds. The molecule has 0 saturated carbocycles. The number of urea groups is 1. The van der Waals surface area contributed by atoms with E-state index in [2.05, 4.69) is 35.9 Å². The van der Waals surface area contributed by atoms with E-state index in [1.165, 1.54) is 18.5 Å². The number of fused-ring (bicyclic) bond motifs is 1. The normalized spacial score (nSPS) is 11.7. The van der Waals surface area contributed by atoms with Crippen molar-refractivity contribution >= 4 is 34.3 Å². The van der Waals surface area contributed by atoms with Gasteiger partial charge in [-0.15, -0.1) is 0 Å². The van der Waals surface area contributed by atoms with Crippen molar-refractivity contribution in [1.29, 1.82) is 0 Å². The van der Waals surface area contributed by atoms with Gasteiger partial charge in [-0.2, -0.15) is 0 Å². The maximum absolute atomic E-state index is 14.5. The molecule has 3 heterocycles. The predicted octanol–water partition coefficient (Wildman–Crippen LogP) is 4.38. The van der Waals surface area contributed by atoms with E-state index in [1.54, 1.807) is 36.8 Å². The van der Waals surface area contributed by atoms with Crippen LogP contribution in [0.5, 0.6) is 0 Å². The number of anilines is 3. The lowest BCUT2D eigenvalue weighted by Crippen LogP contribution is -2.21. The maximum Gasteiger partial charge on any atom is 0.326 e. The lowest BCUT2D eigenvalue weighted by molar-refractivity contribution is 0.262. The molecule has 0 radical (unpaired) electrons. The molecule has 1 unspecified atom stereocenters. The van der Waals surface area contributed by atoms with Crippen LogP contribution in [0.2, 0.25) is 0 Å². The number of amides is 2. The van der Waals surface area contributed by atoms with Gasteiger partial charge in [-0.1, -0.05) is 6.07 Å². The van der Waals surface area contributed by atoms with Crippen LogP contribution >= 0.6 is 0 Å². The molecule has 0 spiro atoms. The summed E-state index contributed by atoms with van der Waals surface area (Å²) in [6, 6.07) is 9.67. The molecule has 1 atom stereocenters. The number of benzene rings is 1. The summed E-state index contributed by atoms with van der Waals surface area (Å²) in [5.41, 5.74) is 2.41. The van der Waals surface area contributed by atoms with Crippen LogP contribution in [0.3, 0.4) is 0 Å². The standard InChI is InChI=1S/C21H18FN7O/c1-13(14-4-2-6-23-10-14)26-16-8-18(22)17-12-25-20(28-19(17)9-16)29-21(30)27-15-5-3-7-24-11-15/h2-13,26H,1H3,(H2,25,27,28,29,30). The number of nitrogens with one attached hydrogen (secondary N) is 3. The second kappa shape index (κ2) is 8.48. The minimum atomic E-state index is -0.526. The van der Waals surface area contributed by atoms with Crippen molar-refractivity contribution in [1.82, 2.24) is 19.9 Å². The third kappa shape index (κ3) is 4.46. The van der Waals surface area contributed by atoms with E-state index in [4.69, 9.17) is 0 Å². The fourth-order valence-corrected chi connectivity index (χ4v) is 2.90. The summed E-state index contributed by atoms with van der Waals surface area (Å²) in [6.07, 6.45) is 7.90. The average Bonchev–Trinajstić information content (AvgIpc) is 2.75. The summed E-state index contributed by atoms with van der Waals surface area (Å²) in [7, 11) is 0. The lowest BCUT2D eigenvalue weighted by atomic mass is 10.1. The average molecular weight is 403 g/mol. The third-order valence-corrected chi connectivity index (χ3v) is 4.36. The molecule has 0 bridgehead atoms. The molecule has 4 rings (SSSR count). The second-order valence-corrected chi connectivity index (χ2v) is 6.56. The topological polar surface area (TPSA) is 105 Å². The molecular weight excluding hydrogens is 385 g/mol. The summed E-state index contributed by atoms with van der Waals surface area (Å²) >= 11 is 0. The van der Waals surface area contributed by atoms with Crippen molar-refractivity contribution in [2.75, 3.05) is 16.0 Å². The van der Waals surface area contributed by atoms with E-state index in [1.807, 2.05) is 19.1 Å². The van der Waals surface area contributed by atoms with Gasteiger partial charge in [0.15, 0.2) is 0 Å². The van der Waals surface area contributed by atoms with Crippen molar-refractivity contribution < 1.29 is 9.18 Å². The Morgan fingerprint density at radius 1 is 1.00 bits per heavy atom. The third-order valence-electron chi connectivity index (χ3n) is 4.36. The van der Waals surface area contributed by atoms with Crippen molar-refractivity contribution in [2.24, 2.45) is 0 Å². The molecule has 3 aromatic heterocycles. The zero-order valence-corrected chi connectivity index (χ0v) is 16.0. The number of aromatic nitrogens is 4. The van der Waals surface area contributed by atoms with Crippen LogP contribution in [0.15, 0.2) is 67.4 Å². The second-order valence-electron chi connectivity index (χ2n) is 6.56. The zero-order valence-electron chi connectivity index (χ0n) is 16.0. The quantitative estimate of drug-likeness (QED) is 0.457. The first-order chi connectivity index (χ1) is 14.6. The molecular formula is C21H18FN7O. The smallest absolute Gasteiger partial charge is 0.326 e. The van der Waals surface area contributed by atoms with Gasteiger partial charge in [-0.05, 0) is 42.8 Å². The molecule has 150 valence electrons. The fraction of sp³-hybridized carbons (Fsp3) is 0.0952. The Morgan fingerprint density at radius 3 is 2.53 bits per heavy atom. The largest absolute Gasteiger partial charge is 0.378 e. The fourth-order valence-electron chi connectivity index (χ4n) is 2.90. The first-order valence-corrected chi connectivity index (χ1v) is 9.19. The van der Waals surface area contributed by atoms with Crippen molar-refractivity contribution in [3.8, 4) is 0 Å². The Labute approximate surface area is 171 Å². The summed E-state index contributed by atoms with van der Waals surface area (Å²) in [4.78, 5) is 28.4. The zero-order chi connectivity index (χ0) is 20.9. The number of carbonyl (C=O) groups is 1. The summed E-state index contributed by atoms with van der Waals surface area (Å²) in [5, 5.41) is 8.65. The number of nitrogens with zero attached hydrogens (tertiary/aromatic N) is 4. The van der Waals surface area contributed by atoms with Gasteiger partial charge in [-0.3, -0.25) is 15.3 Å². The number of rotatable bonds is 5. The summed E-state index contributed by atoms with van der Waals surface area (Å²) in [6.45, 7) is 1.95. The van der Waals surface area contributed by atoms with Crippen molar-refractivity contribution in [2.45, 2.75) is 13.0 Å². The molecule has 0 saturated heterocycles. The van der Waals surface area contributed by atoms with Gasteiger partial charge >= 0.3 is 6.03 Å². The van der Waals surface area contributed by atoms with E-state index in [-0.39, 0.29) is 17.4 Å². The van der Waals surface area contributed by atoms with Gasteiger partial charge in [0.05, 0.1) is 28.8 Å². The molecule has 9 heteroatoms. The minimum Gasteiger partial charge on any atom is -0.378 e. The molecule has 0 aliphatic heterocycles. The number of hydrogen-bond acceptors (Lipinski definition) is 6. The molecule has 0 fully saturated rings. The number of halogens is 1. The minimum absolute atomic E-state index is 0.0562. The Hall–Kier alpha value is -4.14. The van der Waals surface area contributed by atoms with Crippen LogP contribution in [0.1, 0.15) is 18.5 Å². The van der Waals surface area contributed by atoms with E-state index >= 15 is 0 Å². The highest BCUT2D eigenvalue weighted by Crippen LogP contribution is 2.25. The van der Waals surface area contributed by atoms with Gasteiger partial charge in [0.2, 0.25) is 5.95 Å². The van der Waals surface area contributed by atoms with Crippen LogP contribution in [0.25, 0.3) is 10.9 Å². The van der Waals surface area contributed by atoms with Crippen LogP contribution in [-0.2, 0) is 0 Å². The lowest BCUT2D eigenvalue weighted by Gasteiger charge is -2.16. The highest BCUT2D eigenvalue weighted by molar-refractivity contribution is 5.99. The van der Waals surface area contributed by atoms with Crippen LogP contribution in [0, 0.1) is 5.82 Å². The number of pyridine rings is 2. The van der Waals surface area contributed by atoms with Gasteiger partial charge in [0.1, 0.15) is 5.82 Å². The Morgan fingerprint density at radius 2 is 1.80 bits per heavy atom. The maximum atomic E-state index is 14.5. The first-order valence-electron chi connectivity index (χ1n) is 9.19. The molecule has 4 aromatic rings. The number of carbonyl (C=O) groups excluding carboxylic acids is 1. The Kier molecular flexibility index (Phi) is 5.42. The highest BCUT2D eigenvalue weighted by Gasteiger charge is 2.12. The predicted molar refractivity (Wildman–Crippen MR) is 113 cm³/mol. The van der Waals surface area contributed by atoms with Crippen molar-refractivity contribution in [3.63, 3.8) is 0 Å². The van der Waals surface area contributed by atoms with E-state index in [0.717, 1.165) is 5.56 Å². The van der Waals surface area contributed by atoms with Crippen LogP contribution in [-0.4, -0.2) is 26.0 Å². The summed E-state index contributed by atoms with van der Waals surface area (Å²) < 4.78 is 14.5. The van der Waals surface area contributed by atoms with E-state index in [0.29, 0.717) is 16.9 Å². The molecule has 1 aromatic carbocycles. The first kappa shape index (κ1) is 19.2. The van der Waals surface area contributed by atoms with E-state index in [9.17, 15) is 9.18 Å². The molecule has 3 N–H and O–H groups in total. The number of hydrogen-bond donors (Lipinski definition) is 3. The van der Waals surface area contributed by atoms with Gasteiger partial charge in [0, 0.05) is 30.5 Å². The highest BCUT2D eigenvalue weighted by atomic mass is 19.1. The van der Waals surface area contributed by atoms with Gasteiger partial charge < -0.3 is 10.6 Å². The monoisotopic (exact) mass is 403 g/mol. The molecule has 0 aliphatic carbocycles. The molecule has 8 nitrogen and oxygen atoms in total. The SMILES string of the molecule is CC(Nc1cc(F)c2cnc(NC(=O)Nc3cccnc3)nc2c1)c1cccnc1. The van der Waals surface area contributed by atoms with E-state index < -0.39 is 11.8 Å². The summed E-state index contributed by atoms with van der Waals surface area (Å²) in [5.74, 6) is -0.402. The van der Waals surface area contributed by atoms with Crippen molar-refractivity contribution in [3.05, 3.63) is 78.8 Å². The van der Waals surface area contributed by atoms with Crippen LogP contribution < -0.4 is 16.0 Å². The van der Waals surface area contributed by atoms with Gasteiger partial charge in [-0.25, -0.2) is 19.2 Å². The van der Waals surface area contributed by atoms with Gasteiger partial charge in [0.25, 0.3) is 0 Å². The molecule has 30 heavy (non-hydrogen) atoms. The Balaban J connectivity index is 1.53.